The van der Waals surface area contributed by atoms with Crippen molar-refractivity contribution in [2.75, 3.05) is 10.6 Å². The smallest absolute Gasteiger partial charge is 0.274 e. The number of rotatable bonds is 4. The van der Waals surface area contributed by atoms with E-state index in [4.69, 9.17) is 5.26 Å². The lowest BCUT2D eigenvalue weighted by atomic mass is 10.1. The third-order valence-corrected chi connectivity index (χ3v) is 3.77. The summed E-state index contributed by atoms with van der Waals surface area (Å²) in [5, 5.41) is 14.9. The Bertz CT molecular complexity index is 967. The van der Waals surface area contributed by atoms with Crippen LogP contribution in [0.3, 0.4) is 0 Å². The maximum Gasteiger partial charge on any atom is 0.274 e. The van der Waals surface area contributed by atoms with Gasteiger partial charge in [0.25, 0.3) is 5.91 Å². The second-order valence-electron chi connectivity index (χ2n) is 6.07. The van der Waals surface area contributed by atoms with Crippen molar-refractivity contribution in [3.63, 3.8) is 0 Å². The Balaban J connectivity index is 1.75. The Kier molecular flexibility index (Phi) is 4.95. The summed E-state index contributed by atoms with van der Waals surface area (Å²) in [5.41, 5.74) is 5.42. The second kappa shape index (κ2) is 7.49. The molecule has 3 rings (SSSR count). The van der Waals surface area contributed by atoms with E-state index in [-0.39, 0.29) is 5.91 Å². The molecule has 0 fully saturated rings. The number of hydrogen-bond donors (Lipinski definition) is 2. The molecule has 26 heavy (non-hydrogen) atoms. The van der Waals surface area contributed by atoms with Crippen LogP contribution in [0, 0.1) is 25.2 Å². The van der Waals surface area contributed by atoms with Crippen LogP contribution in [0.25, 0.3) is 0 Å². The number of carbonyl (C=O) groups excluding carboxylic acids is 1. The molecule has 128 valence electrons. The van der Waals surface area contributed by atoms with E-state index in [0.717, 1.165) is 28.2 Å². The molecule has 0 aliphatic rings. The highest BCUT2D eigenvalue weighted by molar-refractivity contribution is 6.03. The zero-order valence-electron chi connectivity index (χ0n) is 14.6. The lowest BCUT2D eigenvalue weighted by Crippen LogP contribution is -2.14. The molecule has 1 heterocycles. The highest BCUT2D eigenvalue weighted by atomic mass is 16.1. The van der Waals surface area contributed by atoms with Gasteiger partial charge in [-0.1, -0.05) is 6.07 Å². The zero-order chi connectivity index (χ0) is 18.5. The topological polar surface area (TPSA) is 77.8 Å². The third kappa shape index (κ3) is 4.25. The van der Waals surface area contributed by atoms with Gasteiger partial charge in [0.2, 0.25) is 0 Å². The van der Waals surface area contributed by atoms with E-state index in [2.05, 4.69) is 27.8 Å². The number of amides is 1. The Morgan fingerprint density at radius 1 is 0.923 bits per heavy atom. The molecule has 5 nitrogen and oxygen atoms in total. The summed E-state index contributed by atoms with van der Waals surface area (Å²) in [4.78, 5) is 16.6. The van der Waals surface area contributed by atoms with Gasteiger partial charge in [-0.3, -0.25) is 9.78 Å². The van der Waals surface area contributed by atoms with Crippen LogP contribution in [-0.2, 0) is 0 Å². The molecule has 0 saturated carbocycles. The van der Waals surface area contributed by atoms with E-state index in [1.807, 2.05) is 38.1 Å². The van der Waals surface area contributed by atoms with Crippen molar-refractivity contribution in [3.05, 3.63) is 83.2 Å². The Morgan fingerprint density at radius 2 is 1.62 bits per heavy atom. The average molecular weight is 342 g/mol. The molecule has 2 aromatic carbocycles. The molecule has 0 radical (unpaired) electrons. The van der Waals surface area contributed by atoms with Crippen molar-refractivity contribution in [1.29, 1.82) is 5.26 Å². The Morgan fingerprint density at radius 3 is 2.27 bits per heavy atom. The molecule has 3 aromatic rings. The zero-order valence-corrected chi connectivity index (χ0v) is 14.6. The lowest BCUT2D eigenvalue weighted by Gasteiger charge is -2.09. The number of nitrogens with one attached hydrogen (secondary N) is 2. The molecule has 1 aromatic heterocycles. The Labute approximate surface area is 152 Å². The fraction of sp³-hybridized carbons (Fsp3) is 0.0952. The molecule has 1 amide bonds. The largest absolute Gasteiger partial charge is 0.355 e. The predicted molar refractivity (Wildman–Crippen MR) is 103 cm³/mol. The molecule has 0 spiro atoms. The number of anilines is 3. The molecule has 0 atom stereocenters. The number of hydrogen-bond acceptors (Lipinski definition) is 4. The van der Waals surface area contributed by atoms with Crippen LogP contribution in [0.2, 0.25) is 0 Å². The van der Waals surface area contributed by atoms with Crippen LogP contribution in [-0.4, -0.2) is 10.9 Å². The molecule has 0 aliphatic carbocycles. The van der Waals surface area contributed by atoms with Crippen LogP contribution >= 0.6 is 0 Å². The number of aromatic nitrogens is 1. The molecule has 2 N–H and O–H groups in total. The first-order chi connectivity index (χ1) is 12.5. The molecule has 0 aliphatic heterocycles. The highest BCUT2D eigenvalue weighted by Crippen LogP contribution is 2.19. The summed E-state index contributed by atoms with van der Waals surface area (Å²) in [5.74, 6) is -0.265. The molecular weight excluding hydrogens is 324 g/mol. The van der Waals surface area contributed by atoms with Gasteiger partial charge in [0.15, 0.2) is 0 Å². The molecule has 5 heteroatoms. The van der Waals surface area contributed by atoms with Crippen molar-refractivity contribution < 1.29 is 4.79 Å². The fourth-order valence-corrected chi connectivity index (χ4v) is 2.67. The normalized spacial score (nSPS) is 10.0. The van der Waals surface area contributed by atoms with E-state index < -0.39 is 0 Å². The van der Waals surface area contributed by atoms with Gasteiger partial charge in [-0.05, 0) is 73.5 Å². The summed E-state index contributed by atoms with van der Waals surface area (Å²) < 4.78 is 0. The van der Waals surface area contributed by atoms with Gasteiger partial charge in [-0.15, -0.1) is 0 Å². The van der Waals surface area contributed by atoms with E-state index in [9.17, 15) is 4.79 Å². The van der Waals surface area contributed by atoms with E-state index in [1.54, 1.807) is 30.5 Å². The minimum absolute atomic E-state index is 0.265. The van der Waals surface area contributed by atoms with Gasteiger partial charge in [0.05, 0.1) is 11.6 Å². The van der Waals surface area contributed by atoms with Gasteiger partial charge >= 0.3 is 0 Å². The van der Waals surface area contributed by atoms with E-state index >= 15 is 0 Å². The van der Waals surface area contributed by atoms with Gasteiger partial charge in [-0.25, -0.2) is 0 Å². The van der Waals surface area contributed by atoms with Gasteiger partial charge in [-0.2, -0.15) is 5.26 Å². The number of benzene rings is 2. The summed E-state index contributed by atoms with van der Waals surface area (Å²) in [6.45, 7) is 3.98. The monoisotopic (exact) mass is 342 g/mol. The minimum Gasteiger partial charge on any atom is -0.355 e. The first-order valence-corrected chi connectivity index (χ1v) is 8.16. The number of nitrogens with zero attached hydrogens (tertiary/aromatic N) is 2. The molecule has 0 saturated heterocycles. The molecule has 0 bridgehead atoms. The van der Waals surface area contributed by atoms with Crippen molar-refractivity contribution in [3.8, 4) is 6.07 Å². The van der Waals surface area contributed by atoms with Gasteiger partial charge in [0.1, 0.15) is 5.69 Å². The number of pyridine rings is 1. The van der Waals surface area contributed by atoms with Crippen molar-refractivity contribution in [2.45, 2.75) is 13.8 Å². The van der Waals surface area contributed by atoms with Gasteiger partial charge < -0.3 is 10.6 Å². The van der Waals surface area contributed by atoms with Crippen LogP contribution in [0.4, 0.5) is 17.1 Å². The minimum atomic E-state index is -0.265. The second-order valence-corrected chi connectivity index (χ2v) is 6.07. The summed E-state index contributed by atoms with van der Waals surface area (Å²) in [6, 6.07) is 18.5. The lowest BCUT2D eigenvalue weighted by molar-refractivity contribution is 0.102. The molecular formula is C21H18N4O. The quantitative estimate of drug-likeness (QED) is 0.728. The van der Waals surface area contributed by atoms with Crippen molar-refractivity contribution in [1.82, 2.24) is 4.98 Å². The van der Waals surface area contributed by atoms with Crippen LogP contribution in [0.5, 0.6) is 0 Å². The number of carbonyl (C=O) groups is 1. The van der Waals surface area contributed by atoms with E-state index in [0.29, 0.717) is 11.3 Å². The summed E-state index contributed by atoms with van der Waals surface area (Å²) in [6.07, 6.45) is 1.59. The first-order valence-electron chi connectivity index (χ1n) is 8.16. The standard InChI is InChI=1S/C21H18N4O/c1-14-9-15(2)11-19(10-14)25-21(26)20-12-18(7-8-23-20)24-17-5-3-16(13-22)4-6-17/h3-12H,1-2H3,(H,23,24)(H,25,26). The average Bonchev–Trinajstić information content (AvgIpc) is 2.62. The SMILES string of the molecule is Cc1cc(C)cc(NC(=O)c2cc(Nc3ccc(C#N)cc3)ccn2)c1. The van der Waals surface area contributed by atoms with Crippen LogP contribution in [0.15, 0.2) is 60.8 Å². The summed E-state index contributed by atoms with van der Waals surface area (Å²) >= 11 is 0. The van der Waals surface area contributed by atoms with Crippen LogP contribution in [0.1, 0.15) is 27.2 Å². The number of aryl methyl sites for hydroxylation is 2. The third-order valence-electron chi connectivity index (χ3n) is 3.77. The fourth-order valence-electron chi connectivity index (χ4n) is 2.67. The maximum absolute atomic E-state index is 12.5. The highest BCUT2D eigenvalue weighted by Gasteiger charge is 2.09. The van der Waals surface area contributed by atoms with Crippen molar-refractivity contribution in [2.24, 2.45) is 0 Å². The number of nitriles is 1. The Hall–Kier alpha value is -3.65. The predicted octanol–water partition coefficient (Wildman–Crippen LogP) is 4.57. The molecule has 0 unspecified atom stereocenters. The summed E-state index contributed by atoms with van der Waals surface area (Å²) in [7, 11) is 0. The maximum atomic E-state index is 12.5. The first kappa shape index (κ1) is 17.2. The van der Waals surface area contributed by atoms with E-state index in [1.165, 1.54) is 0 Å². The van der Waals surface area contributed by atoms with Crippen LogP contribution < -0.4 is 10.6 Å². The van der Waals surface area contributed by atoms with Gasteiger partial charge in [0, 0.05) is 23.3 Å². The van der Waals surface area contributed by atoms with Crippen molar-refractivity contribution >= 4 is 23.0 Å².